The summed E-state index contributed by atoms with van der Waals surface area (Å²) in [6.07, 6.45) is 0. The Morgan fingerprint density at radius 1 is 1.21 bits per heavy atom. The van der Waals surface area contributed by atoms with Crippen molar-refractivity contribution in [2.45, 2.75) is 26.7 Å². The molecule has 96 valence electrons. The van der Waals surface area contributed by atoms with Gasteiger partial charge in [-0.25, -0.2) is 4.98 Å². The zero-order valence-corrected chi connectivity index (χ0v) is 13.4. The van der Waals surface area contributed by atoms with E-state index in [0.29, 0.717) is 11.5 Å². The van der Waals surface area contributed by atoms with Crippen LogP contribution in [0.4, 0.5) is 0 Å². The Morgan fingerprint density at radius 3 is 2.37 bits per heavy atom. The van der Waals surface area contributed by atoms with Crippen LogP contribution in [0.1, 0.15) is 36.5 Å². The summed E-state index contributed by atoms with van der Waals surface area (Å²) in [5.74, 6) is 0.315. The molecule has 2 nitrogen and oxygen atoms in total. The van der Waals surface area contributed by atoms with E-state index in [0.717, 1.165) is 20.5 Å². The molecule has 0 radical (unpaired) electrons. The predicted octanol–water partition coefficient (Wildman–Crippen LogP) is 4.66. The second kappa shape index (κ2) is 5.70. The predicted molar refractivity (Wildman–Crippen MR) is 85.9 cm³/mol. The Hall–Kier alpha value is -1.41. The molecule has 1 heterocycles. The molecule has 1 aromatic heterocycles. The number of nitriles is 1. The van der Waals surface area contributed by atoms with E-state index in [1.165, 1.54) is 5.56 Å². The molecule has 0 amide bonds. The minimum absolute atomic E-state index is 0.315. The number of aryl methyl sites for hydroxylation is 1. The molecule has 0 fully saturated rings. The van der Waals surface area contributed by atoms with Gasteiger partial charge in [0.2, 0.25) is 0 Å². The first-order valence-corrected chi connectivity index (χ1v) is 7.28. The Bertz CT molecular complexity index is 637. The second-order valence-corrected chi connectivity index (χ2v) is 5.92. The van der Waals surface area contributed by atoms with Crippen LogP contribution < -0.4 is 0 Å². The first kappa shape index (κ1) is 14.0. The van der Waals surface area contributed by atoms with Gasteiger partial charge in [-0.15, -0.1) is 0 Å². The number of pyridine rings is 1. The maximum atomic E-state index is 9.25. The van der Waals surface area contributed by atoms with E-state index in [-0.39, 0.29) is 0 Å². The summed E-state index contributed by atoms with van der Waals surface area (Å²) in [5, 5.41) is 9.25. The van der Waals surface area contributed by atoms with Crippen LogP contribution in [0, 0.1) is 22.0 Å². The monoisotopic (exact) mass is 362 g/mol. The van der Waals surface area contributed by atoms with Crippen molar-refractivity contribution in [2.75, 3.05) is 0 Å². The lowest BCUT2D eigenvalue weighted by atomic mass is 9.97. The van der Waals surface area contributed by atoms with E-state index in [1.807, 2.05) is 6.07 Å². The molecule has 0 saturated carbocycles. The number of halogens is 1. The third kappa shape index (κ3) is 2.95. The van der Waals surface area contributed by atoms with Crippen LogP contribution in [0.15, 0.2) is 30.3 Å². The van der Waals surface area contributed by atoms with Crippen molar-refractivity contribution < 1.29 is 0 Å². The molecule has 0 saturated heterocycles. The summed E-state index contributed by atoms with van der Waals surface area (Å²) in [5.41, 5.74) is 5.03. The minimum Gasteiger partial charge on any atom is -0.240 e. The van der Waals surface area contributed by atoms with Crippen molar-refractivity contribution in [3.63, 3.8) is 0 Å². The third-order valence-corrected chi connectivity index (χ3v) is 3.87. The molecule has 0 spiro atoms. The van der Waals surface area contributed by atoms with E-state index in [4.69, 9.17) is 0 Å². The Balaban J connectivity index is 2.60. The number of hydrogen-bond donors (Lipinski definition) is 0. The fourth-order valence-electron chi connectivity index (χ4n) is 1.97. The van der Waals surface area contributed by atoms with E-state index in [2.05, 4.69) is 78.7 Å². The molecule has 0 N–H and O–H groups in total. The maximum absolute atomic E-state index is 9.25. The number of nitrogens with zero attached hydrogens (tertiary/aromatic N) is 2. The second-order valence-electron chi connectivity index (χ2n) is 4.90. The molecule has 0 atom stereocenters. The molecule has 2 rings (SSSR count). The highest BCUT2D eigenvalue weighted by Crippen LogP contribution is 2.28. The summed E-state index contributed by atoms with van der Waals surface area (Å²) in [6, 6.07) is 12.6. The SMILES string of the molecule is Cc1ccc(-c2cc(C(C)C)c(C#N)c(I)n2)cc1. The smallest absolute Gasteiger partial charge is 0.120 e. The first-order valence-electron chi connectivity index (χ1n) is 6.20. The fourth-order valence-corrected chi connectivity index (χ4v) is 2.66. The topological polar surface area (TPSA) is 36.7 Å². The lowest BCUT2D eigenvalue weighted by Crippen LogP contribution is -2.00. The van der Waals surface area contributed by atoms with E-state index in [1.54, 1.807) is 0 Å². The van der Waals surface area contributed by atoms with Crippen molar-refractivity contribution in [3.05, 3.63) is 50.7 Å². The summed E-state index contributed by atoms with van der Waals surface area (Å²) in [6.45, 7) is 6.27. The van der Waals surface area contributed by atoms with Crippen molar-refractivity contribution >= 4 is 22.6 Å². The highest BCUT2D eigenvalue weighted by molar-refractivity contribution is 14.1. The summed E-state index contributed by atoms with van der Waals surface area (Å²) >= 11 is 2.14. The average molecular weight is 362 g/mol. The molecular formula is C16H15IN2. The molecule has 0 aliphatic rings. The van der Waals surface area contributed by atoms with Gasteiger partial charge >= 0.3 is 0 Å². The third-order valence-electron chi connectivity index (χ3n) is 3.09. The lowest BCUT2D eigenvalue weighted by Gasteiger charge is -2.12. The van der Waals surface area contributed by atoms with Crippen LogP contribution in [-0.4, -0.2) is 4.98 Å². The molecule has 0 bridgehead atoms. The molecule has 3 heteroatoms. The van der Waals surface area contributed by atoms with Crippen LogP contribution in [0.5, 0.6) is 0 Å². The van der Waals surface area contributed by atoms with E-state index >= 15 is 0 Å². The lowest BCUT2D eigenvalue weighted by molar-refractivity contribution is 0.856. The normalized spacial score (nSPS) is 10.5. The van der Waals surface area contributed by atoms with Gasteiger partial charge in [-0.05, 0) is 47.1 Å². The number of benzene rings is 1. The quantitative estimate of drug-likeness (QED) is 0.576. The van der Waals surface area contributed by atoms with E-state index in [9.17, 15) is 5.26 Å². The Morgan fingerprint density at radius 2 is 1.84 bits per heavy atom. The fraction of sp³-hybridized carbons (Fsp3) is 0.250. The molecular weight excluding hydrogens is 347 g/mol. The largest absolute Gasteiger partial charge is 0.240 e. The molecule has 1 aromatic carbocycles. The standard InChI is InChI=1S/C16H15IN2/c1-10(2)13-8-15(19-16(17)14(13)9-18)12-6-4-11(3)5-7-12/h4-8,10H,1-3H3. The van der Waals surface area contributed by atoms with Gasteiger partial charge in [-0.1, -0.05) is 43.7 Å². The molecule has 19 heavy (non-hydrogen) atoms. The van der Waals surface area contributed by atoms with Crippen molar-refractivity contribution in [3.8, 4) is 17.3 Å². The van der Waals surface area contributed by atoms with Gasteiger partial charge in [-0.3, -0.25) is 0 Å². The number of hydrogen-bond acceptors (Lipinski definition) is 2. The van der Waals surface area contributed by atoms with Crippen LogP contribution in [0.25, 0.3) is 11.3 Å². The van der Waals surface area contributed by atoms with Crippen LogP contribution in [0.3, 0.4) is 0 Å². The number of aromatic nitrogens is 1. The summed E-state index contributed by atoms with van der Waals surface area (Å²) in [4.78, 5) is 4.55. The zero-order valence-electron chi connectivity index (χ0n) is 11.2. The molecule has 0 aliphatic heterocycles. The average Bonchev–Trinajstić information content (AvgIpc) is 2.38. The molecule has 0 unspecified atom stereocenters. The van der Waals surface area contributed by atoms with E-state index < -0.39 is 0 Å². The van der Waals surface area contributed by atoms with Crippen LogP contribution >= 0.6 is 22.6 Å². The first-order chi connectivity index (χ1) is 9.02. The maximum Gasteiger partial charge on any atom is 0.120 e. The van der Waals surface area contributed by atoms with Crippen molar-refractivity contribution in [2.24, 2.45) is 0 Å². The molecule has 0 aliphatic carbocycles. The molecule has 2 aromatic rings. The summed E-state index contributed by atoms with van der Waals surface area (Å²) in [7, 11) is 0. The van der Waals surface area contributed by atoms with Gasteiger partial charge in [0, 0.05) is 5.56 Å². The zero-order chi connectivity index (χ0) is 14.0. The van der Waals surface area contributed by atoms with Gasteiger partial charge in [0.1, 0.15) is 9.77 Å². The Labute approximate surface area is 127 Å². The summed E-state index contributed by atoms with van der Waals surface area (Å²) < 4.78 is 0.780. The van der Waals surface area contributed by atoms with Gasteiger partial charge < -0.3 is 0 Å². The van der Waals surface area contributed by atoms with Gasteiger partial charge in [0.05, 0.1) is 11.3 Å². The van der Waals surface area contributed by atoms with Gasteiger partial charge in [0.15, 0.2) is 0 Å². The van der Waals surface area contributed by atoms with Crippen molar-refractivity contribution in [1.29, 1.82) is 5.26 Å². The highest BCUT2D eigenvalue weighted by atomic mass is 127. The van der Waals surface area contributed by atoms with Crippen LogP contribution in [0.2, 0.25) is 0 Å². The number of rotatable bonds is 2. The minimum atomic E-state index is 0.315. The highest BCUT2D eigenvalue weighted by Gasteiger charge is 2.14. The van der Waals surface area contributed by atoms with Crippen molar-refractivity contribution in [1.82, 2.24) is 4.98 Å². The Kier molecular flexibility index (Phi) is 4.20. The van der Waals surface area contributed by atoms with Gasteiger partial charge in [0.25, 0.3) is 0 Å². The van der Waals surface area contributed by atoms with Crippen LogP contribution in [-0.2, 0) is 0 Å². The van der Waals surface area contributed by atoms with Gasteiger partial charge in [-0.2, -0.15) is 5.26 Å².